The van der Waals surface area contributed by atoms with Gasteiger partial charge >= 0.3 is 5.97 Å². The van der Waals surface area contributed by atoms with Gasteiger partial charge in [-0.1, -0.05) is 13.8 Å². The van der Waals surface area contributed by atoms with Crippen LogP contribution in [0.3, 0.4) is 0 Å². The average molecular weight is 173 g/mol. The Kier molecular flexibility index (Phi) is 3.89. The molecule has 0 radical (unpaired) electrons. The molecule has 3 N–H and O–H groups in total. The fraction of sp³-hybridized carbons (Fsp3) is 0.750. The molecule has 12 heavy (non-hydrogen) atoms. The molecule has 0 aromatic carbocycles. The summed E-state index contributed by atoms with van der Waals surface area (Å²) in [7, 11) is 0. The lowest BCUT2D eigenvalue weighted by atomic mass is 9.93. The Hall–Kier alpha value is -0.900. The summed E-state index contributed by atoms with van der Waals surface area (Å²) in [6.45, 7) is 4.93. The lowest BCUT2D eigenvalue weighted by molar-refractivity contribution is -0.146. The van der Waals surface area contributed by atoms with Crippen molar-refractivity contribution < 1.29 is 14.7 Å². The number of carbonyl (C=O) groups excluding carboxylic acids is 1. The Bertz CT molecular complexity index is 189. The Morgan fingerprint density at radius 1 is 1.25 bits per heavy atom. The maximum absolute atomic E-state index is 11.2. The minimum absolute atomic E-state index is 0.0145. The van der Waals surface area contributed by atoms with Gasteiger partial charge in [-0.25, -0.2) is 0 Å². The quantitative estimate of drug-likeness (QED) is 0.597. The summed E-state index contributed by atoms with van der Waals surface area (Å²) in [4.78, 5) is 21.6. The van der Waals surface area contributed by atoms with E-state index in [0.717, 1.165) is 0 Å². The van der Waals surface area contributed by atoms with Gasteiger partial charge in [-0.3, -0.25) is 9.59 Å². The van der Waals surface area contributed by atoms with Crippen LogP contribution >= 0.6 is 0 Å². The molecule has 0 aromatic rings. The third-order valence-corrected chi connectivity index (χ3v) is 1.84. The van der Waals surface area contributed by atoms with Crippen LogP contribution in [0, 0.1) is 11.8 Å². The Morgan fingerprint density at radius 3 is 1.92 bits per heavy atom. The van der Waals surface area contributed by atoms with Crippen molar-refractivity contribution in [3.05, 3.63) is 0 Å². The maximum atomic E-state index is 11.2. The monoisotopic (exact) mass is 173 g/mol. The molecule has 70 valence electrons. The number of carboxylic acids is 1. The molecule has 4 nitrogen and oxygen atoms in total. The van der Waals surface area contributed by atoms with Gasteiger partial charge < -0.3 is 10.8 Å². The fourth-order valence-corrected chi connectivity index (χ4v) is 0.739. The summed E-state index contributed by atoms with van der Waals surface area (Å²) in [5.41, 5.74) is 5.49. The molecule has 0 saturated carbocycles. The van der Waals surface area contributed by atoms with E-state index in [2.05, 4.69) is 0 Å². The van der Waals surface area contributed by atoms with E-state index in [0.29, 0.717) is 0 Å². The van der Waals surface area contributed by atoms with E-state index in [4.69, 9.17) is 10.8 Å². The topological polar surface area (TPSA) is 80.4 Å². The first-order chi connectivity index (χ1) is 5.37. The molecule has 0 unspecified atom stereocenters. The molecule has 0 aliphatic rings. The number of aliphatic carboxylic acids is 1. The summed E-state index contributed by atoms with van der Waals surface area (Å²) in [5, 5.41) is 8.51. The smallest absolute Gasteiger partial charge is 0.313 e. The Balaban J connectivity index is 4.29. The van der Waals surface area contributed by atoms with Gasteiger partial charge in [-0.15, -0.1) is 0 Å². The first-order valence-electron chi connectivity index (χ1n) is 3.90. The van der Waals surface area contributed by atoms with Gasteiger partial charge in [0.25, 0.3) is 0 Å². The van der Waals surface area contributed by atoms with E-state index in [1.54, 1.807) is 13.8 Å². The van der Waals surface area contributed by atoms with Crippen molar-refractivity contribution in [1.82, 2.24) is 0 Å². The molecule has 0 fully saturated rings. The minimum Gasteiger partial charge on any atom is -0.481 e. The van der Waals surface area contributed by atoms with Gasteiger partial charge in [0.15, 0.2) is 5.78 Å². The number of Topliss-reactive ketones (excluding diaryl/α,β-unsaturated/α-hetero) is 1. The Labute approximate surface area is 71.8 Å². The highest BCUT2D eigenvalue weighted by Gasteiger charge is 2.27. The number of ketones is 1. The summed E-state index contributed by atoms with van der Waals surface area (Å²) in [5.74, 6) is -2.53. The second-order valence-corrected chi connectivity index (χ2v) is 3.23. The van der Waals surface area contributed by atoms with E-state index in [1.807, 2.05) is 0 Å². The highest BCUT2D eigenvalue weighted by Crippen LogP contribution is 2.06. The Morgan fingerprint density at radius 2 is 1.67 bits per heavy atom. The molecule has 0 aliphatic heterocycles. The van der Waals surface area contributed by atoms with Crippen LogP contribution in [0.25, 0.3) is 0 Å². The van der Waals surface area contributed by atoms with Crippen molar-refractivity contribution in [2.75, 3.05) is 0 Å². The molecule has 2 atom stereocenters. The van der Waals surface area contributed by atoms with Gasteiger partial charge in [0.2, 0.25) is 0 Å². The number of carboxylic acid groups (broad SMARTS) is 1. The van der Waals surface area contributed by atoms with E-state index in [9.17, 15) is 9.59 Å². The van der Waals surface area contributed by atoms with E-state index >= 15 is 0 Å². The highest BCUT2D eigenvalue weighted by molar-refractivity contribution is 6.00. The lowest BCUT2D eigenvalue weighted by Gasteiger charge is -2.16. The van der Waals surface area contributed by atoms with Crippen LogP contribution in [0.1, 0.15) is 20.8 Å². The molecule has 0 heterocycles. The molecule has 4 heteroatoms. The molecule has 0 spiro atoms. The third kappa shape index (κ3) is 2.62. The lowest BCUT2D eigenvalue weighted by Crippen LogP contribution is -2.41. The van der Waals surface area contributed by atoms with Crippen LogP contribution in [0.2, 0.25) is 0 Å². The zero-order valence-corrected chi connectivity index (χ0v) is 7.57. The second-order valence-electron chi connectivity index (χ2n) is 3.23. The van der Waals surface area contributed by atoms with Crippen LogP contribution in [-0.4, -0.2) is 22.9 Å². The van der Waals surface area contributed by atoms with Crippen LogP contribution < -0.4 is 5.73 Å². The van der Waals surface area contributed by atoms with E-state index < -0.39 is 23.7 Å². The first kappa shape index (κ1) is 11.1. The predicted octanol–water partition coefficient (Wildman–Crippen LogP) is 0.259. The number of hydrogen-bond acceptors (Lipinski definition) is 3. The van der Waals surface area contributed by atoms with Gasteiger partial charge in [0.05, 0.1) is 6.04 Å². The molecule has 0 bridgehead atoms. The summed E-state index contributed by atoms with van der Waals surface area (Å²) in [6.07, 6.45) is 0. The molecular formula is C8H15NO3. The zero-order valence-electron chi connectivity index (χ0n) is 7.57. The zero-order chi connectivity index (χ0) is 9.89. The first-order valence-corrected chi connectivity index (χ1v) is 3.90. The van der Waals surface area contributed by atoms with Crippen molar-refractivity contribution in [2.45, 2.75) is 26.8 Å². The molecule has 0 amide bonds. The van der Waals surface area contributed by atoms with Crippen molar-refractivity contribution >= 4 is 11.8 Å². The standard InChI is InChI=1S/C8H15NO3/c1-4(2)6(9)7(10)5(3)8(11)12/h4-6H,9H2,1-3H3,(H,11,12)/t5-,6-/m0/s1. The second kappa shape index (κ2) is 4.21. The van der Waals surface area contributed by atoms with Gasteiger partial charge in [-0.05, 0) is 12.8 Å². The van der Waals surface area contributed by atoms with Crippen LogP contribution in [-0.2, 0) is 9.59 Å². The van der Waals surface area contributed by atoms with Crippen molar-refractivity contribution in [3.63, 3.8) is 0 Å². The largest absolute Gasteiger partial charge is 0.481 e. The van der Waals surface area contributed by atoms with Gasteiger partial charge in [0.1, 0.15) is 5.92 Å². The van der Waals surface area contributed by atoms with Crippen LogP contribution in [0.15, 0.2) is 0 Å². The normalized spacial score (nSPS) is 15.8. The van der Waals surface area contributed by atoms with Crippen molar-refractivity contribution in [3.8, 4) is 0 Å². The minimum atomic E-state index is -1.11. The van der Waals surface area contributed by atoms with Gasteiger partial charge in [0, 0.05) is 0 Å². The van der Waals surface area contributed by atoms with Crippen molar-refractivity contribution in [2.24, 2.45) is 17.6 Å². The van der Waals surface area contributed by atoms with E-state index in [1.165, 1.54) is 6.92 Å². The average Bonchev–Trinajstić information content (AvgIpc) is 2.00. The van der Waals surface area contributed by atoms with Crippen molar-refractivity contribution in [1.29, 1.82) is 0 Å². The molecule has 0 rings (SSSR count). The number of rotatable bonds is 4. The van der Waals surface area contributed by atoms with Crippen LogP contribution in [0.5, 0.6) is 0 Å². The summed E-state index contributed by atoms with van der Waals surface area (Å²) in [6, 6.07) is -0.670. The van der Waals surface area contributed by atoms with Gasteiger partial charge in [-0.2, -0.15) is 0 Å². The number of nitrogens with two attached hydrogens (primary N) is 1. The van der Waals surface area contributed by atoms with E-state index in [-0.39, 0.29) is 5.92 Å². The molecule has 0 saturated heterocycles. The summed E-state index contributed by atoms with van der Waals surface area (Å²) >= 11 is 0. The highest BCUT2D eigenvalue weighted by atomic mass is 16.4. The third-order valence-electron chi connectivity index (χ3n) is 1.84. The summed E-state index contributed by atoms with van der Waals surface area (Å²) < 4.78 is 0. The molecule has 0 aromatic heterocycles. The van der Waals surface area contributed by atoms with Crippen LogP contribution in [0.4, 0.5) is 0 Å². The molecular weight excluding hydrogens is 158 g/mol. The molecule has 0 aliphatic carbocycles. The SMILES string of the molecule is CC(C)[C@H](N)C(=O)[C@H](C)C(=O)O. The fourth-order valence-electron chi connectivity index (χ4n) is 0.739. The number of carbonyl (C=O) groups is 2. The number of hydrogen-bond donors (Lipinski definition) is 2. The predicted molar refractivity (Wildman–Crippen MR) is 44.6 cm³/mol. The maximum Gasteiger partial charge on any atom is 0.313 e.